The Morgan fingerprint density at radius 2 is 2.15 bits per heavy atom. The third-order valence-corrected chi connectivity index (χ3v) is 4.28. The number of aryl methyl sites for hydroxylation is 1. The van der Waals surface area contributed by atoms with E-state index in [1.54, 1.807) is 18.5 Å². The number of nitrogens with zero attached hydrogens (tertiary/aromatic N) is 5. The second-order valence-corrected chi connectivity index (χ2v) is 6.14. The number of rotatable bonds is 4. The maximum Gasteiger partial charge on any atom is 0.267 e. The van der Waals surface area contributed by atoms with Crippen LogP contribution in [0.3, 0.4) is 0 Å². The molecule has 4 rings (SSSR count). The van der Waals surface area contributed by atoms with Gasteiger partial charge < -0.3 is 10.1 Å². The molecule has 8 nitrogen and oxygen atoms in total. The molecular weight excluding hydrogens is 332 g/mol. The normalized spacial score (nSPS) is 19.4. The Labute approximate surface area is 149 Å². The summed E-state index contributed by atoms with van der Waals surface area (Å²) in [7, 11) is 0. The molecule has 8 heteroatoms. The van der Waals surface area contributed by atoms with E-state index in [1.165, 1.54) is 17.1 Å². The molecule has 0 saturated carbocycles. The Morgan fingerprint density at radius 3 is 2.96 bits per heavy atom. The van der Waals surface area contributed by atoms with Crippen molar-refractivity contribution in [2.45, 2.75) is 19.0 Å². The monoisotopic (exact) mass is 350 g/mol. The highest BCUT2D eigenvalue weighted by Gasteiger charge is 2.31. The molecule has 0 aromatic carbocycles. The number of anilines is 1. The minimum atomic E-state index is -0.227. The molecule has 1 aliphatic heterocycles. The molecule has 26 heavy (non-hydrogen) atoms. The zero-order valence-electron chi connectivity index (χ0n) is 14.2. The first kappa shape index (κ1) is 16.3. The van der Waals surface area contributed by atoms with Crippen molar-refractivity contribution in [2.24, 2.45) is 0 Å². The van der Waals surface area contributed by atoms with Crippen molar-refractivity contribution in [3.63, 3.8) is 0 Å². The number of nitrogens with one attached hydrogen (secondary N) is 1. The lowest BCUT2D eigenvalue weighted by Crippen LogP contribution is -2.37. The Hall–Kier alpha value is -3.13. The van der Waals surface area contributed by atoms with E-state index in [-0.39, 0.29) is 17.6 Å². The van der Waals surface area contributed by atoms with E-state index in [0.717, 1.165) is 11.3 Å². The van der Waals surface area contributed by atoms with E-state index in [4.69, 9.17) is 4.74 Å². The fourth-order valence-corrected chi connectivity index (χ4v) is 2.98. The van der Waals surface area contributed by atoms with Crippen molar-refractivity contribution >= 4 is 5.82 Å². The maximum atomic E-state index is 12.4. The first-order valence-electron chi connectivity index (χ1n) is 8.34. The standard InChI is InChI=1S/C18H18N6O2/c1-12-7-17(21-11-20-12)22-15-9-26-10-16(15)24-18(25)5-4-14(23-24)13-3-2-6-19-8-13/h2-8,11,15-16H,9-10H2,1H3,(H,20,21,22). The number of pyridine rings is 1. The highest BCUT2D eigenvalue weighted by Crippen LogP contribution is 2.22. The van der Waals surface area contributed by atoms with Gasteiger partial charge in [0.1, 0.15) is 18.2 Å². The Morgan fingerprint density at radius 1 is 1.23 bits per heavy atom. The van der Waals surface area contributed by atoms with E-state index in [1.807, 2.05) is 25.1 Å². The number of aromatic nitrogens is 5. The van der Waals surface area contributed by atoms with Gasteiger partial charge in [0.15, 0.2) is 0 Å². The van der Waals surface area contributed by atoms with Crippen LogP contribution in [-0.2, 0) is 4.74 Å². The molecular formula is C18H18N6O2. The first-order valence-corrected chi connectivity index (χ1v) is 8.34. The average molecular weight is 350 g/mol. The molecule has 1 aliphatic rings. The van der Waals surface area contributed by atoms with Crippen LogP contribution >= 0.6 is 0 Å². The quantitative estimate of drug-likeness (QED) is 0.761. The van der Waals surface area contributed by atoms with Crippen LogP contribution in [0.4, 0.5) is 5.82 Å². The first-order chi connectivity index (χ1) is 12.7. The minimum absolute atomic E-state index is 0.112. The van der Waals surface area contributed by atoms with Gasteiger partial charge in [0, 0.05) is 35.8 Å². The summed E-state index contributed by atoms with van der Waals surface area (Å²) >= 11 is 0. The molecule has 0 spiro atoms. The van der Waals surface area contributed by atoms with Crippen molar-refractivity contribution in [3.05, 3.63) is 65.1 Å². The lowest BCUT2D eigenvalue weighted by molar-refractivity contribution is 0.183. The number of hydrogen-bond donors (Lipinski definition) is 1. The van der Waals surface area contributed by atoms with Gasteiger partial charge in [-0.25, -0.2) is 14.6 Å². The van der Waals surface area contributed by atoms with Crippen LogP contribution in [0, 0.1) is 6.92 Å². The predicted molar refractivity (Wildman–Crippen MR) is 95.8 cm³/mol. The van der Waals surface area contributed by atoms with Gasteiger partial charge in [-0.1, -0.05) is 0 Å². The summed E-state index contributed by atoms with van der Waals surface area (Å²) in [5.41, 5.74) is 2.25. The summed E-state index contributed by atoms with van der Waals surface area (Å²) in [5.74, 6) is 0.703. The summed E-state index contributed by atoms with van der Waals surface area (Å²) < 4.78 is 7.10. The molecule has 132 valence electrons. The highest BCUT2D eigenvalue weighted by atomic mass is 16.5. The van der Waals surface area contributed by atoms with Gasteiger partial charge >= 0.3 is 0 Å². The van der Waals surface area contributed by atoms with Gasteiger partial charge in [0.2, 0.25) is 0 Å². The van der Waals surface area contributed by atoms with Crippen molar-refractivity contribution in [1.82, 2.24) is 24.7 Å². The second-order valence-electron chi connectivity index (χ2n) is 6.14. The lowest BCUT2D eigenvalue weighted by Gasteiger charge is -2.21. The van der Waals surface area contributed by atoms with Gasteiger partial charge in [-0.05, 0) is 25.1 Å². The molecule has 2 unspecified atom stereocenters. The van der Waals surface area contributed by atoms with Crippen LogP contribution in [0.1, 0.15) is 11.7 Å². The maximum absolute atomic E-state index is 12.4. The van der Waals surface area contributed by atoms with Gasteiger partial charge in [-0.3, -0.25) is 9.78 Å². The molecule has 0 aliphatic carbocycles. The molecule has 0 radical (unpaired) electrons. The zero-order valence-corrected chi connectivity index (χ0v) is 14.2. The van der Waals surface area contributed by atoms with Gasteiger partial charge in [0.05, 0.1) is 24.9 Å². The van der Waals surface area contributed by atoms with Gasteiger partial charge in [0.25, 0.3) is 5.56 Å². The van der Waals surface area contributed by atoms with E-state index < -0.39 is 0 Å². The highest BCUT2D eigenvalue weighted by molar-refractivity contribution is 5.56. The zero-order chi connectivity index (χ0) is 17.9. The smallest absolute Gasteiger partial charge is 0.267 e. The molecule has 4 heterocycles. The number of ether oxygens (including phenoxy) is 1. The van der Waals surface area contributed by atoms with Crippen LogP contribution in [-0.4, -0.2) is 44.0 Å². The molecule has 1 N–H and O–H groups in total. The minimum Gasteiger partial charge on any atom is -0.377 e. The van der Waals surface area contributed by atoms with E-state index in [2.05, 4.69) is 25.4 Å². The summed E-state index contributed by atoms with van der Waals surface area (Å²) in [4.78, 5) is 24.8. The van der Waals surface area contributed by atoms with Crippen molar-refractivity contribution in [3.8, 4) is 11.3 Å². The summed E-state index contributed by atoms with van der Waals surface area (Å²) in [6.07, 6.45) is 4.94. The van der Waals surface area contributed by atoms with E-state index in [0.29, 0.717) is 24.7 Å². The molecule has 0 amide bonds. The van der Waals surface area contributed by atoms with Gasteiger partial charge in [-0.2, -0.15) is 5.10 Å². The van der Waals surface area contributed by atoms with Crippen LogP contribution < -0.4 is 10.9 Å². The van der Waals surface area contributed by atoms with E-state index >= 15 is 0 Å². The Balaban J connectivity index is 1.64. The molecule has 2 atom stereocenters. The van der Waals surface area contributed by atoms with Crippen molar-refractivity contribution < 1.29 is 4.74 Å². The van der Waals surface area contributed by atoms with Crippen LogP contribution in [0.25, 0.3) is 11.3 Å². The second kappa shape index (κ2) is 7.01. The number of hydrogen-bond acceptors (Lipinski definition) is 7. The summed E-state index contributed by atoms with van der Waals surface area (Å²) in [5, 5.41) is 7.87. The molecule has 1 saturated heterocycles. The third kappa shape index (κ3) is 3.31. The topological polar surface area (TPSA) is 94.8 Å². The van der Waals surface area contributed by atoms with Crippen molar-refractivity contribution in [2.75, 3.05) is 18.5 Å². The lowest BCUT2D eigenvalue weighted by atomic mass is 10.1. The van der Waals surface area contributed by atoms with Gasteiger partial charge in [-0.15, -0.1) is 0 Å². The van der Waals surface area contributed by atoms with Crippen molar-refractivity contribution in [1.29, 1.82) is 0 Å². The van der Waals surface area contributed by atoms with Crippen LogP contribution in [0.2, 0.25) is 0 Å². The van der Waals surface area contributed by atoms with E-state index in [9.17, 15) is 4.79 Å². The van der Waals surface area contributed by atoms with Crippen LogP contribution in [0.5, 0.6) is 0 Å². The molecule has 3 aromatic heterocycles. The fraction of sp³-hybridized carbons (Fsp3) is 0.278. The molecule has 0 bridgehead atoms. The average Bonchev–Trinajstić information content (AvgIpc) is 3.11. The summed E-state index contributed by atoms with van der Waals surface area (Å²) in [6, 6.07) is 8.51. The fourth-order valence-electron chi connectivity index (χ4n) is 2.98. The summed E-state index contributed by atoms with van der Waals surface area (Å²) in [6.45, 7) is 2.78. The largest absolute Gasteiger partial charge is 0.377 e. The Bertz CT molecular complexity index is 959. The SMILES string of the molecule is Cc1cc(NC2COCC2n2nc(-c3cccnc3)ccc2=O)ncn1. The van der Waals surface area contributed by atoms with Crippen LogP contribution in [0.15, 0.2) is 53.8 Å². The Kier molecular flexibility index (Phi) is 4.40. The molecule has 1 fully saturated rings. The predicted octanol–water partition coefficient (Wildman–Crippen LogP) is 1.46. The molecule has 3 aromatic rings. The third-order valence-electron chi connectivity index (χ3n) is 4.28.